The quantitative estimate of drug-likeness (QED) is 0.620. The summed E-state index contributed by atoms with van der Waals surface area (Å²) >= 11 is 7.03. The first-order valence-corrected chi connectivity index (χ1v) is 8.62. The highest BCUT2D eigenvalue weighted by molar-refractivity contribution is 7.99. The molecule has 8 heteroatoms. The summed E-state index contributed by atoms with van der Waals surface area (Å²) in [5.74, 6) is 0.391. The number of thiocarbonyl (C=S) groups is 1. The maximum atomic E-state index is 12.8. The first kappa shape index (κ1) is 16.5. The van der Waals surface area contributed by atoms with Crippen molar-refractivity contribution in [3.8, 4) is 0 Å². The molecule has 0 aromatic rings. The Morgan fingerprint density at radius 3 is 2.81 bits per heavy atom. The van der Waals surface area contributed by atoms with Crippen molar-refractivity contribution in [1.82, 2.24) is 15.5 Å². The molecule has 2 rings (SSSR count). The van der Waals surface area contributed by atoms with Gasteiger partial charge in [-0.05, 0) is 39.0 Å². The minimum absolute atomic E-state index is 0.00465. The van der Waals surface area contributed by atoms with E-state index in [1.54, 1.807) is 16.7 Å². The van der Waals surface area contributed by atoms with Crippen LogP contribution in [-0.4, -0.2) is 58.0 Å². The SMILES string of the molecule is CNC(C)C(=S)NC1CCSC2CCC(C(N)=O)N2C1=O. The van der Waals surface area contributed by atoms with Gasteiger partial charge >= 0.3 is 0 Å². The number of rotatable bonds is 4. The average molecular weight is 330 g/mol. The molecule has 0 bridgehead atoms. The second kappa shape index (κ2) is 6.93. The highest BCUT2D eigenvalue weighted by Gasteiger charge is 2.44. The van der Waals surface area contributed by atoms with Crippen LogP contribution in [0.1, 0.15) is 26.2 Å². The lowest BCUT2D eigenvalue weighted by atomic mass is 10.1. The Bertz CT molecular complexity index is 446. The van der Waals surface area contributed by atoms with Crippen molar-refractivity contribution in [2.24, 2.45) is 5.73 Å². The second-order valence-electron chi connectivity index (χ2n) is 5.43. The lowest BCUT2D eigenvalue weighted by molar-refractivity contribution is -0.139. The van der Waals surface area contributed by atoms with Crippen molar-refractivity contribution in [1.29, 1.82) is 0 Å². The summed E-state index contributed by atoms with van der Waals surface area (Å²) in [4.78, 5) is 26.6. The first-order chi connectivity index (χ1) is 9.95. The number of fused-ring (bicyclic) bond motifs is 1. The summed E-state index contributed by atoms with van der Waals surface area (Å²) in [7, 11) is 1.82. The van der Waals surface area contributed by atoms with Crippen LogP contribution in [0.25, 0.3) is 0 Å². The van der Waals surface area contributed by atoms with Gasteiger partial charge in [0, 0.05) is 0 Å². The van der Waals surface area contributed by atoms with Crippen LogP contribution in [0.5, 0.6) is 0 Å². The van der Waals surface area contributed by atoms with Gasteiger partial charge in [0.2, 0.25) is 11.8 Å². The van der Waals surface area contributed by atoms with Gasteiger partial charge in [0.15, 0.2) is 0 Å². The van der Waals surface area contributed by atoms with E-state index in [2.05, 4.69) is 10.6 Å². The highest BCUT2D eigenvalue weighted by Crippen LogP contribution is 2.35. The Morgan fingerprint density at radius 1 is 1.48 bits per heavy atom. The molecule has 0 saturated carbocycles. The third-order valence-electron chi connectivity index (χ3n) is 4.07. The number of likely N-dealkylation sites (N-methyl/N-ethyl adjacent to an activating group) is 1. The zero-order chi connectivity index (χ0) is 15.6. The van der Waals surface area contributed by atoms with Gasteiger partial charge in [-0.3, -0.25) is 9.59 Å². The van der Waals surface area contributed by atoms with Crippen LogP contribution >= 0.6 is 24.0 Å². The van der Waals surface area contributed by atoms with E-state index in [-0.39, 0.29) is 23.4 Å². The fraction of sp³-hybridized carbons (Fsp3) is 0.769. The van der Waals surface area contributed by atoms with E-state index in [4.69, 9.17) is 18.0 Å². The Labute approximate surface area is 134 Å². The molecule has 4 unspecified atom stereocenters. The summed E-state index contributed by atoms with van der Waals surface area (Å²) in [5.41, 5.74) is 5.44. The number of nitrogens with one attached hydrogen (secondary N) is 2. The van der Waals surface area contributed by atoms with Crippen molar-refractivity contribution >= 4 is 40.8 Å². The normalized spacial score (nSPS) is 30.5. The zero-order valence-corrected chi connectivity index (χ0v) is 13.9. The van der Waals surface area contributed by atoms with Crippen LogP contribution in [0, 0.1) is 0 Å². The third-order valence-corrected chi connectivity index (χ3v) is 5.86. The maximum Gasteiger partial charge on any atom is 0.246 e. The molecule has 21 heavy (non-hydrogen) atoms. The van der Waals surface area contributed by atoms with Gasteiger partial charge in [0.25, 0.3) is 0 Å². The van der Waals surface area contributed by atoms with E-state index in [0.29, 0.717) is 17.8 Å². The summed E-state index contributed by atoms with van der Waals surface area (Å²) in [6.45, 7) is 1.94. The molecule has 2 amide bonds. The standard InChI is InChI=1S/C13H22N4O2S2/c1-7(15-2)12(20)16-8-5-6-21-10-4-3-9(11(14)18)17(10)13(8)19/h7-10,15H,3-6H2,1-2H3,(H2,14,18)(H,16,20). The van der Waals surface area contributed by atoms with E-state index in [1.807, 2.05) is 14.0 Å². The summed E-state index contributed by atoms with van der Waals surface area (Å²) in [6, 6.07) is -0.844. The fourth-order valence-electron chi connectivity index (χ4n) is 2.70. The van der Waals surface area contributed by atoms with E-state index >= 15 is 0 Å². The van der Waals surface area contributed by atoms with E-state index in [9.17, 15) is 9.59 Å². The molecule has 2 heterocycles. The zero-order valence-electron chi connectivity index (χ0n) is 12.3. The van der Waals surface area contributed by atoms with Crippen molar-refractivity contribution in [3.63, 3.8) is 0 Å². The number of thioether (sulfide) groups is 1. The fourth-order valence-corrected chi connectivity index (χ4v) is 4.32. The van der Waals surface area contributed by atoms with Gasteiger partial charge in [-0.25, -0.2) is 0 Å². The third kappa shape index (κ3) is 3.49. The van der Waals surface area contributed by atoms with Crippen LogP contribution < -0.4 is 16.4 Å². The topological polar surface area (TPSA) is 87.5 Å². The van der Waals surface area contributed by atoms with Crippen molar-refractivity contribution in [2.75, 3.05) is 12.8 Å². The second-order valence-corrected chi connectivity index (χ2v) is 7.15. The molecule has 4 N–H and O–H groups in total. The van der Waals surface area contributed by atoms with Gasteiger partial charge in [-0.2, -0.15) is 0 Å². The van der Waals surface area contributed by atoms with Gasteiger partial charge < -0.3 is 21.3 Å². The van der Waals surface area contributed by atoms with Crippen molar-refractivity contribution in [3.05, 3.63) is 0 Å². The van der Waals surface area contributed by atoms with Crippen LogP contribution in [0.3, 0.4) is 0 Å². The minimum atomic E-state index is -0.479. The van der Waals surface area contributed by atoms with Crippen molar-refractivity contribution < 1.29 is 9.59 Å². The molecule has 2 aliphatic rings. The lowest BCUT2D eigenvalue weighted by Crippen LogP contribution is -2.55. The molecule has 6 nitrogen and oxygen atoms in total. The lowest BCUT2D eigenvalue weighted by Gasteiger charge is -2.30. The number of hydrogen-bond donors (Lipinski definition) is 3. The molecular formula is C13H22N4O2S2. The molecule has 0 aromatic heterocycles. The van der Waals surface area contributed by atoms with Gasteiger partial charge in [-0.15, -0.1) is 11.8 Å². The number of nitrogens with two attached hydrogens (primary N) is 1. The molecule has 0 aliphatic carbocycles. The summed E-state index contributed by atoms with van der Waals surface area (Å²) in [5, 5.41) is 6.26. The summed E-state index contributed by atoms with van der Waals surface area (Å²) in [6.07, 6.45) is 2.19. The highest BCUT2D eigenvalue weighted by atomic mass is 32.2. The molecule has 0 aromatic carbocycles. The Kier molecular flexibility index (Phi) is 5.45. The molecule has 0 radical (unpaired) electrons. The average Bonchev–Trinajstić information content (AvgIpc) is 2.82. The van der Waals surface area contributed by atoms with Crippen LogP contribution in [0.4, 0.5) is 0 Å². The van der Waals surface area contributed by atoms with E-state index in [1.165, 1.54) is 0 Å². The number of hydrogen-bond acceptors (Lipinski definition) is 5. The Balaban J connectivity index is 2.12. The smallest absolute Gasteiger partial charge is 0.246 e. The van der Waals surface area contributed by atoms with Gasteiger partial charge in [-0.1, -0.05) is 12.2 Å². The maximum absolute atomic E-state index is 12.8. The number of carbonyl (C=O) groups is 2. The number of carbonyl (C=O) groups excluding carboxylic acids is 2. The number of nitrogens with zero attached hydrogens (tertiary/aromatic N) is 1. The molecule has 2 saturated heterocycles. The van der Waals surface area contributed by atoms with Crippen LogP contribution in [-0.2, 0) is 9.59 Å². The van der Waals surface area contributed by atoms with Crippen LogP contribution in [0.2, 0.25) is 0 Å². The van der Waals surface area contributed by atoms with Gasteiger partial charge in [0.1, 0.15) is 12.1 Å². The molecule has 0 spiro atoms. The van der Waals surface area contributed by atoms with E-state index < -0.39 is 11.9 Å². The first-order valence-electron chi connectivity index (χ1n) is 7.16. The molecule has 4 atom stereocenters. The monoisotopic (exact) mass is 330 g/mol. The number of primary amides is 1. The predicted molar refractivity (Wildman–Crippen MR) is 88.0 cm³/mol. The largest absolute Gasteiger partial charge is 0.368 e. The minimum Gasteiger partial charge on any atom is -0.368 e. The predicted octanol–water partition coefficient (Wildman–Crippen LogP) is -0.181. The molecular weight excluding hydrogens is 308 g/mol. The number of amides is 2. The van der Waals surface area contributed by atoms with Crippen LogP contribution in [0.15, 0.2) is 0 Å². The Morgan fingerprint density at radius 2 is 2.19 bits per heavy atom. The summed E-state index contributed by atoms with van der Waals surface area (Å²) < 4.78 is 0. The van der Waals surface area contributed by atoms with Gasteiger partial charge in [0.05, 0.1) is 16.4 Å². The molecule has 2 fully saturated rings. The Hall–Kier alpha value is -0.860. The molecule has 2 aliphatic heterocycles. The van der Waals surface area contributed by atoms with Crippen molar-refractivity contribution in [2.45, 2.75) is 49.7 Å². The van der Waals surface area contributed by atoms with E-state index in [0.717, 1.165) is 12.2 Å². The molecule has 118 valence electrons.